The monoisotopic (exact) mass is 340 g/mol. The Morgan fingerprint density at radius 3 is 2.68 bits per heavy atom. The summed E-state index contributed by atoms with van der Waals surface area (Å²) in [5.41, 5.74) is 2.55. The Morgan fingerprint density at radius 2 is 1.96 bits per heavy atom. The van der Waals surface area contributed by atoms with Crippen LogP contribution in [0.25, 0.3) is 11.3 Å². The van der Waals surface area contributed by atoms with E-state index in [4.69, 9.17) is 0 Å². The molecule has 0 bridgehead atoms. The molecule has 3 N–H and O–H groups in total. The van der Waals surface area contributed by atoms with Crippen LogP contribution >= 0.6 is 0 Å². The molecule has 0 aliphatic heterocycles. The maximum Gasteiger partial charge on any atom is 0.319 e. The number of anilines is 1. The highest BCUT2D eigenvalue weighted by atomic mass is 16.2. The van der Waals surface area contributed by atoms with E-state index in [1.54, 1.807) is 6.20 Å². The number of benzene rings is 1. The van der Waals surface area contributed by atoms with Crippen molar-refractivity contribution in [3.05, 3.63) is 36.5 Å². The lowest BCUT2D eigenvalue weighted by molar-refractivity contribution is 0.235. The first kappa shape index (κ1) is 17.5. The lowest BCUT2D eigenvalue weighted by Gasteiger charge is -2.29. The number of H-pyrrole nitrogens is 1. The van der Waals surface area contributed by atoms with Gasteiger partial charge >= 0.3 is 6.03 Å². The number of aromatic nitrogens is 2. The van der Waals surface area contributed by atoms with E-state index in [0.717, 1.165) is 30.0 Å². The molecule has 0 saturated heterocycles. The molecule has 0 atom stereocenters. The minimum absolute atomic E-state index is 0.143. The Bertz CT molecular complexity index is 659. The SMILES string of the molecule is CCCCC1CCC(NC(=O)Nc2cn[nH]c2-c2ccccc2)CC1. The highest BCUT2D eigenvalue weighted by Gasteiger charge is 2.22. The first-order valence-electron chi connectivity index (χ1n) is 9.42. The summed E-state index contributed by atoms with van der Waals surface area (Å²) >= 11 is 0. The molecule has 1 aromatic carbocycles. The first-order chi connectivity index (χ1) is 12.3. The number of carbonyl (C=O) groups is 1. The highest BCUT2D eigenvalue weighted by molar-refractivity contribution is 5.93. The molecule has 1 aromatic heterocycles. The van der Waals surface area contributed by atoms with Gasteiger partial charge in [0.1, 0.15) is 0 Å². The molecular formula is C20H28N4O. The quantitative estimate of drug-likeness (QED) is 0.696. The minimum Gasteiger partial charge on any atom is -0.335 e. The summed E-state index contributed by atoms with van der Waals surface area (Å²) in [6.07, 6.45) is 10.2. The third kappa shape index (κ3) is 4.84. The van der Waals surface area contributed by atoms with Crippen molar-refractivity contribution in [2.45, 2.75) is 57.9 Å². The summed E-state index contributed by atoms with van der Waals surface area (Å²) in [6, 6.07) is 10.0. The lowest BCUT2D eigenvalue weighted by atomic mass is 9.83. The summed E-state index contributed by atoms with van der Waals surface area (Å²) in [6.45, 7) is 2.25. The predicted octanol–water partition coefficient (Wildman–Crippen LogP) is 4.95. The molecule has 5 heteroatoms. The summed E-state index contributed by atoms with van der Waals surface area (Å²) < 4.78 is 0. The van der Waals surface area contributed by atoms with Gasteiger partial charge in [0.25, 0.3) is 0 Å². The number of aromatic amines is 1. The molecule has 1 aliphatic carbocycles. The molecule has 1 fully saturated rings. The number of hydrogen-bond acceptors (Lipinski definition) is 2. The third-order valence-corrected chi connectivity index (χ3v) is 5.10. The van der Waals surface area contributed by atoms with E-state index >= 15 is 0 Å². The summed E-state index contributed by atoms with van der Waals surface area (Å²) in [5, 5.41) is 13.1. The maximum atomic E-state index is 12.4. The molecule has 3 rings (SSSR count). The summed E-state index contributed by atoms with van der Waals surface area (Å²) in [5.74, 6) is 0.847. The molecule has 1 aliphatic rings. The van der Waals surface area contributed by atoms with E-state index in [0.29, 0.717) is 5.69 Å². The minimum atomic E-state index is -0.143. The Labute approximate surface area is 149 Å². The average Bonchev–Trinajstić information content (AvgIpc) is 3.10. The van der Waals surface area contributed by atoms with Gasteiger partial charge in [-0.3, -0.25) is 5.10 Å². The van der Waals surface area contributed by atoms with Gasteiger partial charge in [-0.2, -0.15) is 5.10 Å². The van der Waals surface area contributed by atoms with Gasteiger partial charge < -0.3 is 10.6 Å². The molecule has 0 unspecified atom stereocenters. The van der Waals surface area contributed by atoms with Crippen LogP contribution in [-0.4, -0.2) is 22.3 Å². The van der Waals surface area contributed by atoms with E-state index in [2.05, 4.69) is 27.8 Å². The fourth-order valence-electron chi connectivity index (χ4n) is 3.64. The smallest absolute Gasteiger partial charge is 0.319 e. The molecule has 0 radical (unpaired) electrons. The fourth-order valence-corrected chi connectivity index (χ4v) is 3.64. The van der Waals surface area contributed by atoms with Crippen molar-refractivity contribution in [1.82, 2.24) is 15.5 Å². The molecule has 2 amide bonds. The zero-order valence-electron chi connectivity index (χ0n) is 14.9. The van der Waals surface area contributed by atoms with Crippen molar-refractivity contribution < 1.29 is 4.79 Å². The molecule has 134 valence electrons. The number of urea groups is 1. The second-order valence-electron chi connectivity index (χ2n) is 6.98. The Morgan fingerprint density at radius 1 is 1.20 bits per heavy atom. The van der Waals surface area contributed by atoms with Crippen molar-refractivity contribution in [2.24, 2.45) is 5.92 Å². The molecule has 2 aromatic rings. The Hall–Kier alpha value is -2.30. The Balaban J connectivity index is 1.50. The standard InChI is InChI=1S/C20H28N4O/c1-2-3-7-15-10-12-17(13-11-15)22-20(25)23-18-14-21-24-19(18)16-8-5-4-6-9-16/h4-6,8-9,14-15,17H,2-3,7,10-13H2,1H3,(H,21,24)(H2,22,23,25). The van der Waals surface area contributed by atoms with Crippen LogP contribution in [0, 0.1) is 5.92 Å². The number of carbonyl (C=O) groups excluding carboxylic acids is 1. The van der Waals surface area contributed by atoms with Gasteiger partial charge in [-0.15, -0.1) is 0 Å². The number of nitrogens with one attached hydrogen (secondary N) is 3. The highest BCUT2D eigenvalue weighted by Crippen LogP contribution is 2.29. The van der Waals surface area contributed by atoms with Gasteiger partial charge in [0, 0.05) is 11.6 Å². The normalized spacial score (nSPS) is 20.2. The van der Waals surface area contributed by atoms with Crippen LogP contribution in [0.1, 0.15) is 51.9 Å². The van der Waals surface area contributed by atoms with Crippen LogP contribution in [0.4, 0.5) is 10.5 Å². The molecule has 25 heavy (non-hydrogen) atoms. The summed E-state index contributed by atoms with van der Waals surface area (Å²) in [4.78, 5) is 12.4. The largest absolute Gasteiger partial charge is 0.335 e. The zero-order chi connectivity index (χ0) is 17.5. The van der Waals surface area contributed by atoms with E-state index in [9.17, 15) is 4.79 Å². The fraction of sp³-hybridized carbons (Fsp3) is 0.500. The number of hydrogen-bond donors (Lipinski definition) is 3. The van der Waals surface area contributed by atoms with E-state index in [-0.39, 0.29) is 12.1 Å². The van der Waals surface area contributed by atoms with Gasteiger partial charge in [0.05, 0.1) is 17.6 Å². The van der Waals surface area contributed by atoms with Crippen LogP contribution in [0.15, 0.2) is 36.5 Å². The maximum absolute atomic E-state index is 12.4. The van der Waals surface area contributed by atoms with Crippen LogP contribution in [0.3, 0.4) is 0 Å². The lowest BCUT2D eigenvalue weighted by Crippen LogP contribution is -2.40. The van der Waals surface area contributed by atoms with Gasteiger partial charge in [-0.25, -0.2) is 4.79 Å². The third-order valence-electron chi connectivity index (χ3n) is 5.10. The second-order valence-corrected chi connectivity index (χ2v) is 6.98. The van der Waals surface area contributed by atoms with Gasteiger partial charge in [-0.05, 0) is 31.6 Å². The van der Waals surface area contributed by atoms with E-state index < -0.39 is 0 Å². The zero-order valence-corrected chi connectivity index (χ0v) is 14.9. The van der Waals surface area contributed by atoms with Crippen LogP contribution < -0.4 is 10.6 Å². The number of rotatable bonds is 6. The number of amides is 2. The average molecular weight is 340 g/mol. The number of nitrogens with zero attached hydrogens (tertiary/aromatic N) is 1. The second kappa shape index (κ2) is 8.70. The molecule has 1 saturated carbocycles. The predicted molar refractivity (Wildman–Crippen MR) is 101 cm³/mol. The van der Waals surface area contributed by atoms with Crippen molar-refractivity contribution in [1.29, 1.82) is 0 Å². The van der Waals surface area contributed by atoms with Crippen molar-refractivity contribution >= 4 is 11.7 Å². The van der Waals surface area contributed by atoms with Gasteiger partial charge in [0.2, 0.25) is 0 Å². The Kier molecular flexibility index (Phi) is 6.09. The first-order valence-corrected chi connectivity index (χ1v) is 9.42. The van der Waals surface area contributed by atoms with Crippen LogP contribution in [0.5, 0.6) is 0 Å². The molecular weight excluding hydrogens is 312 g/mol. The van der Waals surface area contributed by atoms with Crippen LogP contribution in [0.2, 0.25) is 0 Å². The van der Waals surface area contributed by atoms with E-state index in [1.807, 2.05) is 30.3 Å². The molecule has 1 heterocycles. The van der Waals surface area contributed by atoms with Crippen molar-refractivity contribution in [3.8, 4) is 11.3 Å². The van der Waals surface area contributed by atoms with Gasteiger partial charge in [-0.1, -0.05) is 56.5 Å². The molecule has 5 nitrogen and oxygen atoms in total. The number of unbranched alkanes of at least 4 members (excludes halogenated alkanes) is 1. The van der Waals surface area contributed by atoms with Crippen LogP contribution in [-0.2, 0) is 0 Å². The topological polar surface area (TPSA) is 69.8 Å². The van der Waals surface area contributed by atoms with Gasteiger partial charge in [0.15, 0.2) is 0 Å². The van der Waals surface area contributed by atoms with E-state index in [1.165, 1.54) is 32.1 Å². The molecule has 0 spiro atoms. The summed E-state index contributed by atoms with van der Waals surface area (Å²) in [7, 11) is 0. The van der Waals surface area contributed by atoms with Crippen molar-refractivity contribution in [3.63, 3.8) is 0 Å². The van der Waals surface area contributed by atoms with Crippen molar-refractivity contribution in [2.75, 3.05) is 5.32 Å².